The highest BCUT2D eigenvalue weighted by Crippen LogP contribution is 2.34. The number of carbonyl (C=O) groups is 1. The second-order valence-corrected chi connectivity index (χ2v) is 7.97. The Bertz CT molecular complexity index is 1390. The van der Waals surface area contributed by atoms with Crippen LogP contribution < -0.4 is 14.8 Å². The molecule has 2 aromatic carbocycles. The molecule has 4 rings (SSSR count). The van der Waals surface area contributed by atoms with Crippen LogP contribution in [0.3, 0.4) is 0 Å². The van der Waals surface area contributed by atoms with E-state index in [0.29, 0.717) is 35.2 Å². The third-order valence-electron chi connectivity index (χ3n) is 5.43. The van der Waals surface area contributed by atoms with Crippen LogP contribution in [0.1, 0.15) is 16.1 Å². The van der Waals surface area contributed by atoms with Crippen molar-refractivity contribution in [3.05, 3.63) is 65.1 Å². The lowest BCUT2D eigenvalue weighted by atomic mass is 10.1. The van der Waals surface area contributed by atoms with E-state index in [-0.39, 0.29) is 5.56 Å². The minimum Gasteiger partial charge on any atom is -0.496 e. The average molecular weight is 503 g/mol. The summed E-state index contributed by atoms with van der Waals surface area (Å²) in [5.41, 5.74) is 2.34. The highest BCUT2D eigenvalue weighted by Gasteiger charge is 2.17. The maximum absolute atomic E-state index is 12.7. The number of nitrogens with zero attached hydrogens (tertiary/aromatic N) is 3. The molecule has 0 aliphatic heterocycles. The number of nitrogens with one attached hydrogen (secondary N) is 1. The van der Waals surface area contributed by atoms with Crippen LogP contribution >= 0.6 is 11.6 Å². The number of aromatic carboxylic acids is 1. The van der Waals surface area contributed by atoms with E-state index in [2.05, 4.69) is 24.6 Å². The van der Waals surface area contributed by atoms with Crippen LogP contribution in [0.25, 0.3) is 22.2 Å². The molecule has 0 saturated heterocycles. The molecule has 182 valence electrons. The maximum Gasteiger partial charge on any atom is 0.387 e. The number of halogens is 3. The van der Waals surface area contributed by atoms with Gasteiger partial charge in [0.25, 0.3) is 0 Å². The summed E-state index contributed by atoms with van der Waals surface area (Å²) in [5, 5.41) is 14.0. The average Bonchev–Trinajstić information content (AvgIpc) is 3.16. The second-order valence-electron chi connectivity index (χ2n) is 7.56. The van der Waals surface area contributed by atoms with Crippen molar-refractivity contribution in [2.75, 3.05) is 19.0 Å². The molecule has 35 heavy (non-hydrogen) atoms. The molecule has 11 heteroatoms. The summed E-state index contributed by atoms with van der Waals surface area (Å²) in [7, 11) is 1.61. The predicted octanol–water partition coefficient (Wildman–Crippen LogP) is 5.48. The van der Waals surface area contributed by atoms with E-state index < -0.39 is 18.3 Å². The smallest absolute Gasteiger partial charge is 0.387 e. The summed E-state index contributed by atoms with van der Waals surface area (Å²) in [5.74, 6) is -0.571. The van der Waals surface area contributed by atoms with E-state index in [1.54, 1.807) is 19.2 Å². The molecule has 8 nitrogen and oxygen atoms in total. The number of aryl methyl sites for hydroxylation is 1. The normalized spacial score (nSPS) is 11.1. The molecule has 0 saturated carbocycles. The van der Waals surface area contributed by atoms with Crippen molar-refractivity contribution >= 4 is 34.3 Å². The number of anilines is 1. The first-order valence-corrected chi connectivity index (χ1v) is 10.9. The van der Waals surface area contributed by atoms with E-state index in [4.69, 9.17) is 16.3 Å². The first-order valence-electron chi connectivity index (χ1n) is 10.5. The van der Waals surface area contributed by atoms with Crippen molar-refractivity contribution in [1.29, 1.82) is 0 Å². The van der Waals surface area contributed by atoms with Crippen LogP contribution in [0.15, 0.2) is 48.8 Å². The largest absolute Gasteiger partial charge is 0.496 e. The van der Waals surface area contributed by atoms with E-state index >= 15 is 0 Å². The maximum atomic E-state index is 12.7. The first kappa shape index (κ1) is 24.2. The number of fused-ring (bicyclic) bond motifs is 1. The lowest BCUT2D eigenvalue weighted by Gasteiger charge is -2.13. The van der Waals surface area contributed by atoms with E-state index in [1.807, 2.05) is 19.1 Å². The van der Waals surface area contributed by atoms with Gasteiger partial charge >= 0.3 is 12.6 Å². The number of alkyl halides is 2. The molecule has 0 aliphatic rings. The van der Waals surface area contributed by atoms with Crippen LogP contribution in [0.2, 0.25) is 5.02 Å². The van der Waals surface area contributed by atoms with Crippen molar-refractivity contribution < 1.29 is 28.2 Å². The lowest BCUT2D eigenvalue weighted by molar-refractivity contribution is -0.0503. The number of carboxylic acid groups (broad SMARTS) is 1. The van der Waals surface area contributed by atoms with E-state index in [1.165, 1.54) is 24.5 Å². The Morgan fingerprint density at radius 2 is 1.97 bits per heavy atom. The van der Waals surface area contributed by atoms with Crippen molar-refractivity contribution in [3.8, 4) is 22.8 Å². The highest BCUT2D eigenvalue weighted by atomic mass is 35.5. The molecule has 2 N–H and O–H groups in total. The predicted molar refractivity (Wildman–Crippen MR) is 128 cm³/mol. The fraction of sp³-hybridized carbons (Fsp3) is 0.208. The van der Waals surface area contributed by atoms with Crippen LogP contribution in [0.5, 0.6) is 11.5 Å². The zero-order valence-electron chi connectivity index (χ0n) is 18.8. The summed E-state index contributed by atoms with van der Waals surface area (Å²) < 4.78 is 37.4. The SMILES string of the molecule is COc1ccc(Cl)c2c1cc(C)n2CCNc1cc(-c2ccc(C(=O)O)c(OC(F)F)c2)ncn1. The molecule has 0 radical (unpaired) electrons. The lowest BCUT2D eigenvalue weighted by Crippen LogP contribution is -2.12. The number of aromatic nitrogens is 3. The standard InChI is InChI=1S/C24H21ClF2N4O4/c1-13-9-16-19(34-2)6-5-17(25)22(16)31(13)8-7-28-21-11-18(29-12-30-21)14-3-4-15(23(32)33)20(10-14)35-24(26)27/h3-6,9-12,24H,7-8H2,1-2H3,(H,32,33)(H,28,29,30). The van der Waals surface area contributed by atoms with Gasteiger partial charge in [-0.1, -0.05) is 17.7 Å². The molecule has 0 bridgehead atoms. The Kier molecular flexibility index (Phi) is 7.02. The number of hydrogen-bond donors (Lipinski definition) is 2. The molecular weight excluding hydrogens is 482 g/mol. The van der Waals surface area contributed by atoms with Crippen molar-refractivity contribution in [2.24, 2.45) is 0 Å². The van der Waals surface area contributed by atoms with Gasteiger partial charge in [-0.2, -0.15) is 8.78 Å². The van der Waals surface area contributed by atoms with Gasteiger partial charge in [0.15, 0.2) is 0 Å². The number of rotatable bonds is 9. The fourth-order valence-electron chi connectivity index (χ4n) is 3.87. The van der Waals surface area contributed by atoms with Crippen molar-refractivity contribution in [2.45, 2.75) is 20.1 Å². The Morgan fingerprint density at radius 3 is 2.69 bits per heavy atom. The third-order valence-corrected chi connectivity index (χ3v) is 5.73. The molecule has 0 atom stereocenters. The van der Waals surface area contributed by atoms with E-state index in [0.717, 1.165) is 22.3 Å². The Hall–Kier alpha value is -3.92. The van der Waals surface area contributed by atoms with Gasteiger partial charge in [0, 0.05) is 35.8 Å². The minimum absolute atomic E-state index is 0.369. The van der Waals surface area contributed by atoms with Crippen LogP contribution in [0.4, 0.5) is 14.6 Å². The molecular formula is C24H21ClF2N4O4. The van der Waals surface area contributed by atoms with Crippen LogP contribution in [-0.2, 0) is 6.54 Å². The Balaban J connectivity index is 1.54. The summed E-state index contributed by atoms with van der Waals surface area (Å²) in [6.07, 6.45) is 1.33. The number of benzene rings is 2. The minimum atomic E-state index is -3.16. The van der Waals surface area contributed by atoms with Gasteiger partial charge < -0.3 is 24.5 Å². The molecule has 0 spiro atoms. The molecule has 2 heterocycles. The molecule has 0 amide bonds. The number of carboxylic acids is 1. The molecule has 0 unspecified atom stereocenters. The summed E-state index contributed by atoms with van der Waals surface area (Å²) >= 11 is 6.45. The van der Waals surface area contributed by atoms with Gasteiger partial charge in [0.1, 0.15) is 29.2 Å². The van der Waals surface area contributed by atoms with Gasteiger partial charge in [0.05, 0.1) is 23.3 Å². The van der Waals surface area contributed by atoms with Gasteiger partial charge in [-0.3, -0.25) is 0 Å². The Labute approximate surface area is 204 Å². The van der Waals surface area contributed by atoms with E-state index in [9.17, 15) is 18.7 Å². The molecule has 2 aromatic heterocycles. The third kappa shape index (κ3) is 5.12. The monoisotopic (exact) mass is 502 g/mol. The van der Waals surface area contributed by atoms with Crippen LogP contribution in [0, 0.1) is 6.92 Å². The van der Waals surface area contributed by atoms with Crippen LogP contribution in [-0.4, -0.2) is 45.9 Å². The molecule has 0 fully saturated rings. The summed E-state index contributed by atoms with van der Waals surface area (Å²) in [6.45, 7) is -0.0842. The van der Waals surface area contributed by atoms with Gasteiger partial charge in [-0.25, -0.2) is 14.8 Å². The Morgan fingerprint density at radius 1 is 1.17 bits per heavy atom. The van der Waals surface area contributed by atoms with Crippen molar-refractivity contribution in [1.82, 2.24) is 14.5 Å². The van der Waals surface area contributed by atoms with Gasteiger partial charge in [-0.15, -0.1) is 0 Å². The van der Waals surface area contributed by atoms with Gasteiger partial charge in [-0.05, 0) is 37.3 Å². The summed E-state index contributed by atoms with van der Waals surface area (Å²) in [4.78, 5) is 19.7. The zero-order valence-corrected chi connectivity index (χ0v) is 19.5. The zero-order chi connectivity index (χ0) is 25.1. The quantitative estimate of drug-likeness (QED) is 0.312. The number of ether oxygens (including phenoxy) is 2. The van der Waals surface area contributed by atoms with Gasteiger partial charge in [0.2, 0.25) is 0 Å². The first-order chi connectivity index (χ1) is 16.8. The molecule has 0 aliphatic carbocycles. The molecule has 4 aromatic rings. The fourth-order valence-corrected chi connectivity index (χ4v) is 4.13. The second kappa shape index (κ2) is 10.1. The number of hydrogen-bond acceptors (Lipinski definition) is 6. The summed E-state index contributed by atoms with van der Waals surface area (Å²) in [6, 6.07) is 11.2. The van der Waals surface area contributed by atoms with Crippen molar-refractivity contribution in [3.63, 3.8) is 0 Å². The highest BCUT2D eigenvalue weighted by molar-refractivity contribution is 6.35. The number of methoxy groups -OCH3 is 1. The topological polar surface area (TPSA) is 98.5 Å².